The van der Waals surface area contributed by atoms with E-state index in [0.717, 1.165) is 12.8 Å². The molecule has 14 heteroatoms. The van der Waals surface area contributed by atoms with E-state index in [-0.39, 0.29) is 30.5 Å². The Morgan fingerprint density at radius 2 is 1.86 bits per heavy atom. The van der Waals surface area contributed by atoms with Gasteiger partial charge in [0.1, 0.15) is 47.2 Å². The number of aliphatic hydroxyl groups is 2. The molecule has 1 aromatic carbocycles. The Morgan fingerprint density at radius 1 is 1.19 bits per heavy atom. The van der Waals surface area contributed by atoms with Gasteiger partial charge in [-0.1, -0.05) is 51.8 Å². The Bertz CT molecular complexity index is 1300. The van der Waals surface area contributed by atoms with Crippen LogP contribution in [0.15, 0.2) is 52.6 Å². The molecule has 0 amide bonds. The molecule has 238 valence electrons. The molecule has 2 aromatic rings. The Hall–Kier alpha value is -3.06. The fraction of sp³-hybridized carbons (Fsp3) is 0.552. The minimum atomic E-state index is -4.28. The third kappa shape index (κ3) is 8.11. The first-order valence-corrected chi connectivity index (χ1v) is 15.9. The predicted molar refractivity (Wildman–Crippen MR) is 163 cm³/mol. The third-order valence-corrected chi connectivity index (χ3v) is 9.14. The van der Waals surface area contributed by atoms with Crippen molar-refractivity contribution in [1.29, 1.82) is 0 Å². The van der Waals surface area contributed by atoms with Gasteiger partial charge in [-0.25, -0.2) is 9.24 Å². The van der Waals surface area contributed by atoms with Crippen LogP contribution < -0.4 is 15.3 Å². The first kappa shape index (κ1) is 34.4. The van der Waals surface area contributed by atoms with E-state index >= 15 is 0 Å². The van der Waals surface area contributed by atoms with E-state index in [9.17, 15) is 19.6 Å². The first-order chi connectivity index (χ1) is 20.5. The maximum Gasteiger partial charge on any atom is 0.459 e. The summed E-state index contributed by atoms with van der Waals surface area (Å²) >= 11 is 0. The van der Waals surface area contributed by atoms with Crippen molar-refractivity contribution in [2.45, 2.75) is 76.9 Å². The third-order valence-electron chi connectivity index (χ3n) is 7.59. The lowest BCUT2D eigenvalue weighted by molar-refractivity contribution is -0.147. The Morgan fingerprint density at radius 3 is 2.44 bits per heavy atom. The summed E-state index contributed by atoms with van der Waals surface area (Å²) in [7, 11) is -2.76. The number of amidine groups is 1. The highest BCUT2D eigenvalue weighted by Crippen LogP contribution is 2.48. The Labute approximate surface area is 252 Å². The number of nitrogens with two attached hydrogens (primary N) is 1. The van der Waals surface area contributed by atoms with Gasteiger partial charge in [-0.05, 0) is 43.5 Å². The number of aliphatic imine (C=N–C) groups is 1. The molecular weight excluding hydrogens is 577 g/mol. The summed E-state index contributed by atoms with van der Waals surface area (Å²) in [6, 6.07) is 10.6. The zero-order valence-corrected chi connectivity index (χ0v) is 26.3. The molecule has 0 bridgehead atoms. The van der Waals surface area contributed by atoms with Crippen molar-refractivity contribution in [3.8, 4) is 5.75 Å². The van der Waals surface area contributed by atoms with Crippen LogP contribution in [-0.4, -0.2) is 77.5 Å². The molecule has 3 rings (SSSR count). The maximum atomic E-state index is 14.1. The number of ether oxygens (including phenoxy) is 2. The number of carbonyl (C=O) groups excluding carboxylic acids is 1. The lowest BCUT2D eigenvalue weighted by atomic mass is 9.97. The van der Waals surface area contributed by atoms with Gasteiger partial charge in [0.25, 0.3) is 0 Å². The summed E-state index contributed by atoms with van der Waals surface area (Å²) in [6.45, 7) is 10.6. The highest BCUT2D eigenvalue weighted by atomic mass is 31.2. The van der Waals surface area contributed by atoms with Crippen LogP contribution in [0.5, 0.6) is 5.75 Å². The lowest BCUT2D eigenvalue weighted by Gasteiger charge is -2.30. The second kappa shape index (κ2) is 15.1. The maximum absolute atomic E-state index is 14.1. The topological polar surface area (TPSA) is 179 Å². The highest BCUT2D eigenvalue weighted by Gasteiger charge is 2.54. The largest absolute Gasteiger partial charge is 0.464 e. The van der Waals surface area contributed by atoms with Crippen LogP contribution in [-0.2, 0) is 23.4 Å². The summed E-state index contributed by atoms with van der Waals surface area (Å²) in [5.41, 5.74) is 5.19. The SMILES string of the molecule is C=Nn1c(/C(N)=N\C)ccc1[C@@H]1O[C@](C)(CO[P@](=O)(N[C@@H](CC)C(=O)OCC(CC)CC)Oc2ccccc2)[C@@H](O)[C@H]1O. The van der Waals surface area contributed by atoms with E-state index in [1.165, 1.54) is 18.6 Å². The number of rotatable bonds is 16. The van der Waals surface area contributed by atoms with E-state index in [0.29, 0.717) is 11.4 Å². The zero-order valence-electron chi connectivity index (χ0n) is 25.4. The van der Waals surface area contributed by atoms with Crippen molar-refractivity contribution < 1.29 is 38.1 Å². The van der Waals surface area contributed by atoms with Crippen LogP contribution in [0.2, 0.25) is 0 Å². The van der Waals surface area contributed by atoms with E-state index in [4.69, 9.17) is 24.3 Å². The summed E-state index contributed by atoms with van der Waals surface area (Å²) in [5, 5.41) is 28.7. The van der Waals surface area contributed by atoms with Crippen molar-refractivity contribution in [3.63, 3.8) is 0 Å². The van der Waals surface area contributed by atoms with Gasteiger partial charge in [-0.3, -0.25) is 14.3 Å². The number of aliphatic hydroxyl groups excluding tert-OH is 2. The van der Waals surface area contributed by atoms with E-state index in [1.54, 1.807) is 49.4 Å². The fourth-order valence-electron chi connectivity index (χ4n) is 4.69. The summed E-state index contributed by atoms with van der Waals surface area (Å²) in [4.78, 5) is 16.9. The number of esters is 1. The van der Waals surface area contributed by atoms with Crippen molar-refractivity contribution >= 4 is 26.3 Å². The lowest BCUT2D eigenvalue weighted by Crippen LogP contribution is -2.45. The van der Waals surface area contributed by atoms with Crippen LogP contribution in [0.4, 0.5) is 0 Å². The molecular formula is C29H44N5O8P. The van der Waals surface area contributed by atoms with Crippen molar-refractivity contribution in [3.05, 3.63) is 53.9 Å². The number of nitrogens with one attached hydrogen (secondary N) is 1. The van der Waals surface area contributed by atoms with Gasteiger partial charge in [0.2, 0.25) is 0 Å². The molecule has 0 spiro atoms. The molecule has 0 radical (unpaired) electrons. The number of aromatic nitrogens is 1. The summed E-state index contributed by atoms with van der Waals surface area (Å²) in [6.07, 6.45) is -2.00. The summed E-state index contributed by atoms with van der Waals surface area (Å²) in [5.74, 6) is 0.0422. The molecule has 13 nitrogen and oxygen atoms in total. The average Bonchev–Trinajstić information content (AvgIpc) is 3.54. The van der Waals surface area contributed by atoms with Crippen molar-refractivity contribution in [2.75, 3.05) is 20.3 Å². The zero-order chi connectivity index (χ0) is 31.8. The molecule has 1 aromatic heterocycles. The second-order valence-electron chi connectivity index (χ2n) is 10.6. The molecule has 1 aliphatic rings. The monoisotopic (exact) mass is 621 g/mol. The van der Waals surface area contributed by atoms with E-state index < -0.39 is 50.3 Å². The van der Waals surface area contributed by atoms with Crippen molar-refractivity contribution in [2.24, 2.45) is 21.7 Å². The molecule has 5 N–H and O–H groups in total. The van der Waals surface area contributed by atoms with Crippen LogP contribution in [0.1, 0.15) is 64.4 Å². The van der Waals surface area contributed by atoms with E-state index in [1.807, 2.05) is 13.8 Å². The minimum absolute atomic E-state index is 0.187. The molecule has 1 fully saturated rings. The molecule has 1 saturated heterocycles. The van der Waals surface area contributed by atoms with Gasteiger partial charge in [0.15, 0.2) is 0 Å². The van der Waals surface area contributed by atoms with Gasteiger partial charge >= 0.3 is 13.7 Å². The second-order valence-corrected chi connectivity index (χ2v) is 12.3. The van der Waals surface area contributed by atoms with Gasteiger partial charge in [0, 0.05) is 13.8 Å². The van der Waals surface area contributed by atoms with Crippen LogP contribution >= 0.6 is 7.75 Å². The van der Waals surface area contributed by atoms with Gasteiger partial charge in [0.05, 0.1) is 18.9 Å². The quantitative estimate of drug-likeness (QED) is 0.0939. The van der Waals surface area contributed by atoms with Crippen LogP contribution in [0.25, 0.3) is 0 Å². The number of nitrogens with zero attached hydrogens (tertiary/aromatic N) is 3. The number of benzene rings is 1. The van der Waals surface area contributed by atoms with Gasteiger partial charge in [-0.15, -0.1) is 0 Å². The Kier molecular flexibility index (Phi) is 12.1. The van der Waals surface area contributed by atoms with Gasteiger partial charge < -0.3 is 29.9 Å². The number of hydrogen-bond donors (Lipinski definition) is 4. The molecule has 0 saturated carbocycles. The number of para-hydroxylation sites is 1. The normalized spacial score (nSPS) is 24.5. The molecule has 2 heterocycles. The number of carbonyl (C=O) groups is 1. The van der Waals surface area contributed by atoms with Crippen LogP contribution in [0, 0.1) is 5.92 Å². The molecule has 0 aliphatic carbocycles. The molecule has 1 aliphatic heterocycles. The molecule has 6 atom stereocenters. The highest BCUT2D eigenvalue weighted by molar-refractivity contribution is 7.52. The standard InChI is InChI=1S/C29H44N5O8P/c1-7-19(8-2)17-39-28(37)21(9-3)33-43(38,42-20-13-11-10-12-14-20)40-18-29(4)26(36)24(35)25(41-29)22-15-16-23(27(30)31-5)34(22)32-6/h10-16,19,21,24-26,35-36H,6-9,17-18H2,1-5H3,(H2,30,31)(H,33,38)/t21-,24-,25-,26-,29+,43+/m0/s1. The van der Waals surface area contributed by atoms with Crippen LogP contribution in [0.3, 0.4) is 0 Å². The van der Waals surface area contributed by atoms with E-state index in [2.05, 4.69) is 21.9 Å². The summed E-state index contributed by atoms with van der Waals surface area (Å²) < 4.78 is 38.7. The number of hydrogen-bond acceptors (Lipinski definition) is 10. The Balaban J connectivity index is 1.83. The molecule has 0 unspecified atom stereocenters. The molecule has 43 heavy (non-hydrogen) atoms. The van der Waals surface area contributed by atoms with Gasteiger partial charge in [-0.2, -0.15) is 10.2 Å². The predicted octanol–water partition coefficient (Wildman–Crippen LogP) is 3.39. The average molecular weight is 622 g/mol. The smallest absolute Gasteiger partial charge is 0.459 e. The van der Waals surface area contributed by atoms with Crippen molar-refractivity contribution in [1.82, 2.24) is 9.76 Å². The fourth-order valence-corrected chi connectivity index (χ4v) is 6.36. The minimum Gasteiger partial charge on any atom is -0.464 e. The first-order valence-electron chi connectivity index (χ1n) is 14.3.